The second-order valence-electron chi connectivity index (χ2n) is 7.71. The Hall–Kier alpha value is -2.28. The molecule has 164 valence electrons. The molecule has 0 bridgehead atoms. The van der Waals surface area contributed by atoms with E-state index in [-0.39, 0.29) is 5.96 Å². The van der Waals surface area contributed by atoms with E-state index in [2.05, 4.69) is 35.9 Å². The molecule has 0 amide bonds. The number of guanidine groups is 1. The summed E-state index contributed by atoms with van der Waals surface area (Å²) in [5.41, 5.74) is 14.2. The van der Waals surface area contributed by atoms with Gasteiger partial charge in [-0.1, -0.05) is 73.4 Å². The van der Waals surface area contributed by atoms with Gasteiger partial charge in [-0.05, 0) is 30.0 Å². The first-order valence-corrected chi connectivity index (χ1v) is 11.7. The lowest BCUT2D eigenvalue weighted by Crippen LogP contribution is -2.28. The lowest BCUT2D eigenvalue weighted by atomic mass is 10.0. The summed E-state index contributed by atoms with van der Waals surface area (Å²) in [7, 11) is 0. The molecular weight excluding hydrogens is 449 g/mol. The maximum atomic E-state index is 6.29. The van der Waals surface area contributed by atoms with Crippen molar-refractivity contribution in [2.75, 3.05) is 18.0 Å². The summed E-state index contributed by atoms with van der Waals surface area (Å²) >= 11 is 14.1. The average molecular weight is 476 g/mol. The quantitative estimate of drug-likeness (QED) is 0.311. The van der Waals surface area contributed by atoms with E-state index in [9.17, 15) is 0 Å². The first kappa shape index (κ1) is 23.4. The minimum Gasteiger partial charge on any atom is -0.370 e. The second kappa shape index (κ2) is 10.8. The van der Waals surface area contributed by atoms with Crippen LogP contribution in [0.25, 0.3) is 11.3 Å². The van der Waals surface area contributed by atoms with Gasteiger partial charge in [0.05, 0.1) is 22.3 Å². The van der Waals surface area contributed by atoms with Gasteiger partial charge >= 0.3 is 0 Å². The van der Waals surface area contributed by atoms with E-state index in [1.807, 2.05) is 36.4 Å². The monoisotopic (exact) mass is 475 g/mol. The number of benzene rings is 2. The van der Waals surface area contributed by atoms with Crippen molar-refractivity contribution >= 4 is 45.6 Å². The Bertz CT molecular complexity index is 1030. The minimum absolute atomic E-state index is 0.0933. The molecule has 0 radical (unpaired) electrons. The summed E-state index contributed by atoms with van der Waals surface area (Å²) < 4.78 is 0. The Balaban J connectivity index is 1.99. The van der Waals surface area contributed by atoms with Gasteiger partial charge in [0.2, 0.25) is 0 Å². The molecule has 4 N–H and O–H groups in total. The van der Waals surface area contributed by atoms with E-state index in [4.69, 9.17) is 39.7 Å². The molecule has 0 atom stereocenters. The van der Waals surface area contributed by atoms with Crippen molar-refractivity contribution in [3.63, 3.8) is 0 Å². The minimum atomic E-state index is 0.0933. The van der Waals surface area contributed by atoms with E-state index < -0.39 is 0 Å². The molecule has 0 saturated carbocycles. The number of anilines is 1. The third-order valence-electron chi connectivity index (χ3n) is 4.62. The largest absolute Gasteiger partial charge is 0.370 e. The molecule has 0 unspecified atom stereocenters. The molecule has 0 aliphatic rings. The summed E-state index contributed by atoms with van der Waals surface area (Å²) in [6.45, 7) is 6.28. The van der Waals surface area contributed by atoms with Gasteiger partial charge in [-0.25, -0.2) is 4.98 Å². The van der Waals surface area contributed by atoms with Crippen LogP contribution in [0.4, 0.5) is 5.13 Å². The third kappa shape index (κ3) is 6.60. The van der Waals surface area contributed by atoms with Crippen LogP contribution in [0.15, 0.2) is 53.5 Å². The number of rotatable bonds is 9. The van der Waals surface area contributed by atoms with E-state index in [0.29, 0.717) is 29.1 Å². The van der Waals surface area contributed by atoms with Crippen molar-refractivity contribution in [2.45, 2.75) is 26.8 Å². The van der Waals surface area contributed by atoms with Crippen molar-refractivity contribution in [1.82, 2.24) is 4.98 Å². The molecule has 1 aromatic heterocycles. The number of nitrogens with two attached hydrogens (primary N) is 2. The van der Waals surface area contributed by atoms with Gasteiger partial charge in [-0.15, -0.1) is 11.3 Å². The maximum Gasteiger partial charge on any atom is 0.186 e. The van der Waals surface area contributed by atoms with Gasteiger partial charge in [-0.2, -0.15) is 0 Å². The molecule has 0 spiro atoms. The van der Waals surface area contributed by atoms with Gasteiger partial charge in [0.1, 0.15) is 0 Å². The molecule has 0 aliphatic heterocycles. The highest BCUT2D eigenvalue weighted by atomic mass is 35.5. The number of thiazole rings is 1. The first-order valence-electron chi connectivity index (χ1n) is 10.1. The number of halogens is 2. The number of nitrogens with zero attached hydrogens (tertiary/aromatic N) is 3. The van der Waals surface area contributed by atoms with Crippen LogP contribution in [0.5, 0.6) is 0 Å². The molecule has 8 heteroatoms. The second-order valence-corrected chi connectivity index (χ2v) is 9.59. The van der Waals surface area contributed by atoms with Crippen LogP contribution in [0, 0.1) is 5.92 Å². The Morgan fingerprint density at radius 1 is 1.10 bits per heavy atom. The fourth-order valence-corrected chi connectivity index (χ4v) is 4.82. The fourth-order valence-electron chi connectivity index (χ4n) is 3.20. The normalized spacial score (nSPS) is 11.0. The van der Waals surface area contributed by atoms with E-state index in [1.165, 1.54) is 10.4 Å². The molecule has 31 heavy (non-hydrogen) atoms. The molecule has 0 fully saturated rings. The standard InChI is InChI=1S/C23H27Cl2N5S/c1-15(2)12-20-21(17-8-9-18(24)19(25)13-17)29-23(31-20)30(11-10-28-22(26)27)14-16-6-4-3-5-7-16/h3-9,13,15H,10-12,14H2,1-2H3,(H4,26,27,28). The number of hydrogen-bond donors (Lipinski definition) is 2. The highest BCUT2D eigenvalue weighted by Crippen LogP contribution is 2.37. The zero-order valence-electron chi connectivity index (χ0n) is 17.7. The molecule has 3 aromatic rings. The number of aromatic nitrogens is 1. The van der Waals surface area contributed by atoms with Crippen LogP contribution in [-0.2, 0) is 13.0 Å². The van der Waals surface area contributed by atoms with E-state index in [1.54, 1.807) is 11.3 Å². The molecule has 0 aliphatic carbocycles. The third-order valence-corrected chi connectivity index (χ3v) is 6.50. The van der Waals surface area contributed by atoms with Crippen molar-refractivity contribution < 1.29 is 0 Å². The van der Waals surface area contributed by atoms with Crippen molar-refractivity contribution in [3.05, 3.63) is 69.0 Å². The smallest absolute Gasteiger partial charge is 0.186 e. The van der Waals surface area contributed by atoms with Gasteiger partial charge in [0.15, 0.2) is 11.1 Å². The molecule has 1 heterocycles. The van der Waals surface area contributed by atoms with Gasteiger partial charge < -0.3 is 16.4 Å². The summed E-state index contributed by atoms with van der Waals surface area (Å²) in [5, 5.41) is 2.00. The average Bonchev–Trinajstić information content (AvgIpc) is 3.13. The SMILES string of the molecule is CC(C)Cc1sc(N(CCN=C(N)N)Cc2ccccc2)nc1-c1ccc(Cl)c(Cl)c1. The van der Waals surface area contributed by atoms with Crippen LogP contribution in [0.2, 0.25) is 10.0 Å². The zero-order valence-corrected chi connectivity index (χ0v) is 20.0. The molecule has 0 saturated heterocycles. The predicted molar refractivity (Wildman–Crippen MR) is 134 cm³/mol. The van der Waals surface area contributed by atoms with Crippen LogP contribution < -0.4 is 16.4 Å². The molecule has 5 nitrogen and oxygen atoms in total. The lowest BCUT2D eigenvalue weighted by molar-refractivity contribution is 0.654. The highest BCUT2D eigenvalue weighted by Gasteiger charge is 2.19. The summed E-state index contributed by atoms with van der Waals surface area (Å²) in [5.74, 6) is 0.592. The maximum absolute atomic E-state index is 6.29. The van der Waals surface area contributed by atoms with Gasteiger partial charge in [0, 0.05) is 23.5 Å². The number of hydrogen-bond acceptors (Lipinski definition) is 4. The van der Waals surface area contributed by atoms with E-state index >= 15 is 0 Å². The Labute approximate surface area is 197 Å². The number of aliphatic imine (C=N–C) groups is 1. The Morgan fingerprint density at radius 2 is 1.84 bits per heavy atom. The predicted octanol–water partition coefficient (Wildman–Crippen LogP) is 5.60. The Morgan fingerprint density at radius 3 is 2.48 bits per heavy atom. The van der Waals surface area contributed by atoms with Crippen LogP contribution in [-0.4, -0.2) is 24.0 Å². The van der Waals surface area contributed by atoms with Gasteiger partial charge in [-0.3, -0.25) is 4.99 Å². The lowest BCUT2D eigenvalue weighted by Gasteiger charge is -2.21. The summed E-state index contributed by atoms with van der Waals surface area (Å²) in [6.07, 6.45) is 0.931. The van der Waals surface area contributed by atoms with Crippen LogP contribution in [0.3, 0.4) is 0 Å². The first-order chi connectivity index (χ1) is 14.8. The van der Waals surface area contributed by atoms with E-state index in [0.717, 1.165) is 29.4 Å². The van der Waals surface area contributed by atoms with Crippen molar-refractivity contribution in [1.29, 1.82) is 0 Å². The topological polar surface area (TPSA) is 80.5 Å². The molecular formula is C23H27Cl2N5S. The fraction of sp³-hybridized carbons (Fsp3) is 0.304. The zero-order chi connectivity index (χ0) is 22.4. The van der Waals surface area contributed by atoms with Crippen LogP contribution >= 0.6 is 34.5 Å². The van der Waals surface area contributed by atoms with Gasteiger partial charge in [0.25, 0.3) is 0 Å². The highest BCUT2D eigenvalue weighted by molar-refractivity contribution is 7.16. The van der Waals surface area contributed by atoms with Crippen LogP contribution in [0.1, 0.15) is 24.3 Å². The summed E-state index contributed by atoms with van der Waals surface area (Å²) in [4.78, 5) is 12.6. The van der Waals surface area contributed by atoms with Crippen molar-refractivity contribution in [2.24, 2.45) is 22.4 Å². The Kier molecular flexibility index (Phi) is 8.18. The molecule has 2 aromatic carbocycles. The summed E-state index contributed by atoms with van der Waals surface area (Å²) in [6, 6.07) is 16.0. The van der Waals surface area contributed by atoms with Crippen molar-refractivity contribution in [3.8, 4) is 11.3 Å². The molecule has 3 rings (SSSR count).